The van der Waals surface area contributed by atoms with Crippen molar-refractivity contribution in [3.05, 3.63) is 0 Å². The van der Waals surface area contributed by atoms with Gasteiger partial charge in [0.1, 0.15) is 11.7 Å². The normalized spacial score (nSPS) is 18.3. The van der Waals surface area contributed by atoms with Gasteiger partial charge in [0.15, 0.2) is 0 Å². The minimum absolute atomic E-state index is 0.0194. The lowest BCUT2D eigenvalue weighted by Gasteiger charge is -2.30. The van der Waals surface area contributed by atoms with E-state index in [1.54, 1.807) is 4.90 Å². The summed E-state index contributed by atoms with van der Waals surface area (Å²) in [5, 5.41) is 0. The molecule has 3 nitrogen and oxygen atoms in total. The second-order valence-corrected chi connectivity index (χ2v) is 3.88. The molecule has 0 bridgehead atoms. The van der Waals surface area contributed by atoms with E-state index in [4.69, 9.17) is 11.6 Å². The van der Waals surface area contributed by atoms with E-state index in [-0.39, 0.29) is 17.7 Å². The molecule has 1 heterocycles. The van der Waals surface area contributed by atoms with Crippen LogP contribution in [0.2, 0.25) is 0 Å². The third kappa shape index (κ3) is 2.71. The van der Waals surface area contributed by atoms with Crippen LogP contribution in [0.5, 0.6) is 0 Å². The van der Waals surface area contributed by atoms with E-state index in [1.165, 1.54) is 0 Å². The highest BCUT2D eigenvalue weighted by Gasteiger charge is 2.25. The predicted molar refractivity (Wildman–Crippen MR) is 55.3 cm³/mol. The number of likely N-dealkylation sites (tertiary alicyclic amines) is 1. The second-order valence-electron chi connectivity index (χ2n) is 3.61. The Morgan fingerprint density at radius 3 is 2.36 bits per heavy atom. The number of ketones is 1. The molecule has 1 fully saturated rings. The third-order valence-corrected chi connectivity index (χ3v) is 2.99. The van der Waals surface area contributed by atoms with Gasteiger partial charge in [-0.25, -0.2) is 0 Å². The first-order valence-electron chi connectivity index (χ1n) is 5.05. The summed E-state index contributed by atoms with van der Waals surface area (Å²) in [7, 11) is 0. The number of rotatable bonds is 3. The van der Waals surface area contributed by atoms with Gasteiger partial charge in [0.25, 0.3) is 0 Å². The van der Waals surface area contributed by atoms with Crippen LogP contribution >= 0.6 is 11.6 Å². The zero-order chi connectivity index (χ0) is 10.6. The standard InChI is InChI=1S/C10H16ClNO2/c1-2-9(13)8-3-5-12(6-4-8)10(14)7-11/h8H,2-7H2,1H3. The molecule has 80 valence electrons. The van der Waals surface area contributed by atoms with E-state index in [2.05, 4.69) is 0 Å². The lowest BCUT2D eigenvalue weighted by molar-refractivity contribution is -0.132. The molecule has 0 aromatic heterocycles. The van der Waals surface area contributed by atoms with Gasteiger partial charge in [-0.2, -0.15) is 0 Å². The summed E-state index contributed by atoms with van der Waals surface area (Å²) in [6.45, 7) is 3.25. The molecule has 4 heteroatoms. The molecule has 0 N–H and O–H groups in total. The van der Waals surface area contributed by atoms with Crippen LogP contribution < -0.4 is 0 Å². The van der Waals surface area contributed by atoms with Gasteiger partial charge in [-0.3, -0.25) is 9.59 Å². The number of hydrogen-bond acceptors (Lipinski definition) is 2. The Labute approximate surface area is 89.4 Å². The molecule has 0 saturated carbocycles. The number of halogens is 1. The van der Waals surface area contributed by atoms with Crippen LogP contribution in [0.4, 0.5) is 0 Å². The predicted octanol–water partition coefficient (Wildman–Crippen LogP) is 1.44. The zero-order valence-corrected chi connectivity index (χ0v) is 9.22. The number of nitrogens with zero attached hydrogens (tertiary/aromatic N) is 1. The van der Waals surface area contributed by atoms with Gasteiger partial charge in [0.05, 0.1) is 0 Å². The first-order valence-corrected chi connectivity index (χ1v) is 5.59. The monoisotopic (exact) mass is 217 g/mol. The van der Waals surface area contributed by atoms with Crippen molar-refractivity contribution in [1.82, 2.24) is 4.90 Å². The van der Waals surface area contributed by atoms with E-state index in [1.807, 2.05) is 6.92 Å². The number of alkyl halides is 1. The molecule has 1 rings (SSSR count). The van der Waals surface area contributed by atoms with Crippen LogP contribution in [0.25, 0.3) is 0 Å². The van der Waals surface area contributed by atoms with Crippen molar-refractivity contribution in [3.8, 4) is 0 Å². The SMILES string of the molecule is CCC(=O)C1CCN(C(=O)CCl)CC1. The molecule has 1 aliphatic rings. The number of carbonyl (C=O) groups excluding carboxylic acids is 2. The lowest BCUT2D eigenvalue weighted by atomic mass is 9.91. The average Bonchev–Trinajstić information content (AvgIpc) is 2.27. The van der Waals surface area contributed by atoms with Crippen LogP contribution in [0.1, 0.15) is 26.2 Å². The third-order valence-electron chi connectivity index (χ3n) is 2.77. The van der Waals surface area contributed by atoms with E-state index in [0.29, 0.717) is 25.3 Å². The van der Waals surface area contributed by atoms with Crippen molar-refractivity contribution in [2.75, 3.05) is 19.0 Å². The molecule has 1 saturated heterocycles. The Kier molecular flexibility index (Phi) is 4.39. The number of amides is 1. The summed E-state index contributed by atoms with van der Waals surface area (Å²) in [5.74, 6) is 0.517. The van der Waals surface area contributed by atoms with Gasteiger partial charge in [-0.1, -0.05) is 6.92 Å². The van der Waals surface area contributed by atoms with Crippen molar-refractivity contribution in [3.63, 3.8) is 0 Å². The minimum Gasteiger partial charge on any atom is -0.342 e. The fraction of sp³-hybridized carbons (Fsp3) is 0.800. The van der Waals surface area contributed by atoms with Gasteiger partial charge in [-0.05, 0) is 12.8 Å². The molecule has 0 spiro atoms. The molecular formula is C10H16ClNO2. The Morgan fingerprint density at radius 1 is 1.36 bits per heavy atom. The van der Waals surface area contributed by atoms with Gasteiger partial charge >= 0.3 is 0 Å². The summed E-state index contributed by atoms with van der Waals surface area (Å²) in [6, 6.07) is 0. The van der Waals surface area contributed by atoms with Gasteiger partial charge in [0.2, 0.25) is 5.91 Å². The number of piperidine rings is 1. The highest BCUT2D eigenvalue weighted by molar-refractivity contribution is 6.27. The molecule has 1 aliphatic heterocycles. The zero-order valence-electron chi connectivity index (χ0n) is 8.46. The Bertz CT molecular complexity index is 198. The number of carbonyl (C=O) groups is 2. The van der Waals surface area contributed by atoms with Crippen LogP contribution in [0, 0.1) is 5.92 Å². The van der Waals surface area contributed by atoms with Gasteiger partial charge in [0, 0.05) is 25.4 Å². The molecule has 0 atom stereocenters. The maximum absolute atomic E-state index is 11.4. The van der Waals surface area contributed by atoms with Crippen molar-refractivity contribution in [1.29, 1.82) is 0 Å². The Balaban J connectivity index is 2.38. The molecular weight excluding hydrogens is 202 g/mol. The maximum Gasteiger partial charge on any atom is 0.237 e. The minimum atomic E-state index is -0.0194. The molecule has 0 unspecified atom stereocenters. The number of Topliss-reactive ketones (excluding diaryl/α,β-unsaturated/α-hetero) is 1. The first kappa shape index (κ1) is 11.5. The van der Waals surface area contributed by atoms with E-state index in [0.717, 1.165) is 12.8 Å². The lowest BCUT2D eigenvalue weighted by Crippen LogP contribution is -2.40. The largest absolute Gasteiger partial charge is 0.342 e. The van der Waals surface area contributed by atoms with Crippen LogP contribution in [-0.2, 0) is 9.59 Å². The highest BCUT2D eigenvalue weighted by atomic mass is 35.5. The molecule has 0 aromatic rings. The summed E-state index contributed by atoms with van der Waals surface area (Å²) in [4.78, 5) is 24.3. The summed E-state index contributed by atoms with van der Waals surface area (Å²) < 4.78 is 0. The van der Waals surface area contributed by atoms with Crippen LogP contribution in [0.3, 0.4) is 0 Å². The Hall–Kier alpha value is -0.570. The van der Waals surface area contributed by atoms with Gasteiger partial charge < -0.3 is 4.90 Å². The summed E-state index contributed by atoms with van der Waals surface area (Å²) >= 11 is 5.45. The fourth-order valence-corrected chi connectivity index (χ4v) is 1.99. The second kappa shape index (κ2) is 5.35. The maximum atomic E-state index is 11.4. The average molecular weight is 218 g/mol. The molecule has 14 heavy (non-hydrogen) atoms. The van der Waals surface area contributed by atoms with Crippen LogP contribution in [-0.4, -0.2) is 35.6 Å². The highest BCUT2D eigenvalue weighted by Crippen LogP contribution is 2.19. The number of hydrogen-bond donors (Lipinski definition) is 0. The van der Waals surface area contributed by atoms with Crippen LogP contribution in [0.15, 0.2) is 0 Å². The molecule has 0 radical (unpaired) electrons. The van der Waals surface area contributed by atoms with E-state index in [9.17, 15) is 9.59 Å². The van der Waals surface area contributed by atoms with E-state index < -0.39 is 0 Å². The van der Waals surface area contributed by atoms with Gasteiger partial charge in [-0.15, -0.1) is 11.6 Å². The fourth-order valence-electron chi connectivity index (χ4n) is 1.82. The smallest absolute Gasteiger partial charge is 0.237 e. The van der Waals surface area contributed by atoms with Crippen molar-refractivity contribution < 1.29 is 9.59 Å². The first-order chi connectivity index (χ1) is 6.69. The quantitative estimate of drug-likeness (QED) is 0.671. The molecule has 0 aromatic carbocycles. The summed E-state index contributed by atoms with van der Waals surface area (Å²) in [5.41, 5.74) is 0. The molecule has 1 amide bonds. The molecule has 0 aliphatic carbocycles. The van der Waals surface area contributed by atoms with E-state index >= 15 is 0 Å². The van der Waals surface area contributed by atoms with Crippen molar-refractivity contribution in [2.24, 2.45) is 5.92 Å². The van der Waals surface area contributed by atoms with Crippen molar-refractivity contribution in [2.45, 2.75) is 26.2 Å². The van der Waals surface area contributed by atoms with Crippen molar-refractivity contribution >= 4 is 23.3 Å². The Morgan fingerprint density at radius 2 is 1.93 bits per heavy atom. The summed E-state index contributed by atoms with van der Waals surface area (Å²) in [6.07, 6.45) is 2.21. The topological polar surface area (TPSA) is 37.4 Å².